The Labute approximate surface area is 197 Å². The number of benzene rings is 3. The minimum Gasteiger partial charge on any atom is -0.331 e. The van der Waals surface area contributed by atoms with Gasteiger partial charge in [-0.15, -0.1) is 0 Å². The summed E-state index contributed by atoms with van der Waals surface area (Å²) in [6.07, 6.45) is 0.646. The van der Waals surface area contributed by atoms with E-state index in [1.807, 2.05) is 61.6 Å². The van der Waals surface area contributed by atoms with Crippen LogP contribution in [0, 0.1) is 0 Å². The molecule has 0 radical (unpaired) electrons. The molecule has 0 saturated carbocycles. The van der Waals surface area contributed by atoms with Gasteiger partial charge < -0.3 is 19.4 Å². The molecule has 0 aliphatic carbocycles. The van der Waals surface area contributed by atoms with Gasteiger partial charge in [-0.3, -0.25) is 0 Å². The summed E-state index contributed by atoms with van der Waals surface area (Å²) in [7, 11) is 6.16. The van der Waals surface area contributed by atoms with E-state index >= 15 is 0 Å². The van der Waals surface area contributed by atoms with Gasteiger partial charge in [0.2, 0.25) is 0 Å². The summed E-state index contributed by atoms with van der Waals surface area (Å²) in [5.41, 5.74) is 13.2. The first-order chi connectivity index (χ1) is 16.5. The van der Waals surface area contributed by atoms with E-state index in [-0.39, 0.29) is 12.0 Å². The highest BCUT2D eigenvalue weighted by Crippen LogP contribution is 2.34. The number of aromatic nitrogens is 6. The van der Waals surface area contributed by atoms with Gasteiger partial charge in [0, 0.05) is 33.5 Å². The van der Waals surface area contributed by atoms with Gasteiger partial charge in [-0.2, -0.15) is 0 Å². The smallest absolute Gasteiger partial charge is 0.127 e. The van der Waals surface area contributed by atoms with E-state index in [2.05, 4.69) is 46.0 Å². The van der Waals surface area contributed by atoms with Crippen molar-refractivity contribution in [2.75, 3.05) is 0 Å². The number of nitrogens with zero attached hydrogens (tertiary/aromatic N) is 6. The molecule has 6 aromatic rings. The molecule has 34 heavy (non-hydrogen) atoms. The van der Waals surface area contributed by atoms with Crippen LogP contribution in [0.5, 0.6) is 0 Å². The van der Waals surface area contributed by atoms with Crippen LogP contribution in [0.15, 0.2) is 72.8 Å². The first-order valence-electron chi connectivity index (χ1n) is 11.5. The highest BCUT2D eigenvalue weighted by Gasteiger charge is 2.31. The molecular formula is C27H27N7. The molecule has 170 valence electrons. The van der Waals surface area contributed by atoms with Gasteiger partial charge in [-0.1, -0.05) is 36.4 Å². The lowest BCUT2D eigenvalue weighted by atomic mass is 9.94. The highest BCUT2D eigenvalue weighted by molar-refractivity contribution is 5.77. The summed E-state index contributed by atoms with van der Waals surface area (Å²) >= 11 is 0. The second-order valence-corrected chi connectivity index (χ2v) is 8.95. The number of hydrogen-bond acceptors (Lipinski definition) is 4. The zero-order valence-electron chi connectivity index (χ0n) is 19.6. The molecule has 7 heteroatoms. The van der Waals surface area contributed by atoms with E-state index in [9.17, 15) is 0 Å². The number of imidazole rings is 3. The van der Waals surface area contributed by atoms with Crippen LogP contribution >= 0.6 is 0 Å². The molecule has 2 atom stereocenters. The van der Waals surface area contributed by atoms with Crippen molar-refractivity contribution in [3.05, 3.63) is 90.3 Å². The van der Waals surface area contributed by atoms with Gasteiger partial charge in [0.25, 0.3) is 0 Å². The van der Waals surface area contributed by atoms with Crippen molar-refractivity contribution in [2.24, 2.45) is 26.9 Å². The summed E-state index contributed by atoms with van der Waals surface area (Å²) in [5, 5.41) is 0. The number of nitrogens with two attached hydrogens (primary N) is 1. The van der Waals surface area contributed by atoms with Crippen LogP contribution in [0.4, 0.5) is 0 Å². The van der Waals surface area contributed by atoms with Crippen molar-refractivity contribution >= 4 is 33.1 Å². The molecule has 0 spiro atoms. The second kappa shape index (κ2) is 7.81. The van der Waals surface area contributed by atoms with E-state index in [4.69, 9.17) is 20.7 Å². The minimum absolute atomic E-state index is 0.122. The topological polar surface area (TPSA) is 79.5 Å². The van der Waals surface area contributed by atoms with Crippen LogP contribution in [0.3, 0.4) is 0 Å². The third-order valence-corrected chi connectivity index (χ3v) is 6.99. The molecule has 6 rings (SSSR count). The van der Waals surface area contributed by atoms with E-state index in [0.717, 1.165) is 50.6 Å². The fourth-order valence-corrected chi connectivity index (χ4v) is 5.09. The van der Waals surface area contributed by atoms with Gasteiger partial charge in [-0.25, -0.2) is 15.0 Å². The Balaban J connectivity index is 1.52. The van der Waals surface area contributed by atoms with Gasteiger partial charge >= 0.3 is 0 Å². The molecule has 3 heterocycles. The lowest BCUT2D eigenvalue weighted by Crippen LogP contribution is -2.27. The van der Waals surface area contributed by atoms with E-state index in [1.54, 1.807) is 0 Å². The van der Waals surface area contributed by atoms with Crippen LogP contribution in [-0.4, -0.2) is 28.7 Å². The summed E-state index contributed by atoms with van der Waals surface area (Å²) in [4.78, 5) is 14.9. The van der Waals surface area contributed by atoms with Crippen molar-refractivity contribution < 1.29 is 0 Å². The van der Waals surface area contributed by atoms with E-state index in [1.165, 1.54) is 0 Å². The molecule has 3 aromatic heterocycles. The van der Waals surface area contributed by atoms with E-state index in [0.29, 0.717) is 6.42 Å². The largest absolute Gasteiger partial charge is 0.331 e. The maximum Gasteiger partial charge on any atom is 0.127 e. The normalized spacial score (nSPS) is 13.8. The predicted molar refractivity (Wildman–Crippen MR) is 136 cm³/mol. The molecule has 0 aliphatic rings. The average Bonchev–Trinajstić information content (AvgIpc) is 3.49. The molecule has 0 amide bonds. The van der Waals surface area contributed by atoms with Crippen LogP contribution < -0.4 is 5.73 Å². The summed E-state index contributed by atoms with van der Waals surface area (Å²) < 4.78 is 6.42. The average molecular weight is 450 g/mol. The van der Waals surface area contributed by atoms with Crippen LogP contribution in [0.1, 0.15) is 29.4 Å². The van der Waals surface area contributed by atoms with Crippen molar-refractivity contribution in [1.82, 2.24) is 28.7 Å². The molecule has 0 fully saturated rings. The molecular weight excluding hydrogens is 422 g/mol. The van der Waals surface area contributed by atoms with Crippen molar-refractivity contribution in [3.63, 3.8) is 0 Å². The number of fused-ring (bicyclic) bond motifs is 3. The SMILES string of the molecule is Cn1c(CC(c2nc3ccccc3n2C)C(N)c2nc3ccccc3n2C)nc2ccccc21. The Kier molecular flexibility index (Phi) is 4.74. The number of hydrogen-bond donors (Lipinski definition) is 1. The predicted octanol–water partition coefficient (Wildman–Crippen LogP) is 4.37. The first kappa shape index (κ1) is 20.6. The maximum absolute atomic E-state index is 7.05. The third kappa shape index (κ3) is 3.12. The third-order valence-electron chi connectivity index (χ3n) is 6.99. The van der Waals surface area contributed by atoms with Crippen LogP contribution in [0.25, 0.3) is 33.1 Å². The zero-order chi connectivity index (χ0) is 23.4. The number of rotatable bonds is 5. The lowest BCUT2D eigenvalue weighted by Gasteiger charge is -2.23. The second-order valence-electron chi connectivity index (χ2n) is 8.95. The summed E-state index contributed by atoms with van der Waals surface area (Å²) in [5.74, 6) is 2.64. The van der Waals surface area contributed by atoms with Gasteiger partial charge in [0.05, 0.1) is 39.1 Å². The molecule has 7 nitrogen and oxygen atoms in total. The fourth-order valence-electron chi connectivity index (χ4n) is 5.09. The Morgan fingerprint density at radius 3 is 1.59 bits per heavy atom. The van der Waals surface area contributed by atoms with Crippen molar-refractivity contribution in [3.8, 4) is 0 Å². The molecule has 2 N–H and O–H groups in total. The molecule has 0 bridgehead atoms. The van der Waals surface area contributed by atoms with Gasteiger partial charge in [0.15, 0.2) is 0 Å². The van der Waals surface area contributed by atoms with Crippen LogP contribution in [0.2, 0.25) is 0 Å². The summed E-state index contributed by atoms with van der Waals surface area (Å²) in [6, 6.07) is 24.2. The Morgan fingerprint density at radius 2 is 1.06 bits per heavy atom. The standard InChI is InChI=1S/C27H27N7/c1-32-21-13-7-4-10-18(21)29-24(32)16-17(26-30-19-11-5-8-14-22(19)33(26)2)25(28)27-31-20-12-6-9-15-23(20)34(27)3/h4-15,17,25H,16,28H2,1-3H3. The fraction of sp³-hybridized carbons (Fsp3) is 0.222. The Morgan fingerprint density at radius 1 is 0.618 bits per heavy atom. The summed E-state index contributed by atoms with van der Waals surface area (Å²) in [6.45, 7) is 0. The van der Waals surface area contributed by atoms with Gasteiger partial charge in [-0.05, 0) is 36.4 Å². The van der Waals surface area contributed by atoms with Crippen LogP contribution in [-0.2, 0) is 27.6 Å². The van der Waals surface area contributed by atoms with Crippen molar-refractivity contribution in [1.29, 1.82) is 0 Å². The quantitative estimate of drug-likeness (QED) is 0.424. The minimum atomic E-state index is -0.368. The van der Waals surface area contributed by atoms with Gasteiger partial charge in [0.1, 0.15) is 17.5 Å². The Hall–Kier alpha value is -3.97. The molecule has 3 aromatic carbocycles. The molecule has 0 saturated heterocycles. The lowest BCUT2D eigenvalue weighted by molar-refractivity contribution is 0.471. The number of para-hydroxylation sites is 6. The van der Waals surface area contributed by atoms with E-state index < -0.39 is 0 Å². The van der Waals surface area contributed by atoms with Crippen molar-refractivity contribution in [2.45, 2.75) is 18.4 Å². The highest BCUT2D eigenvalue weighted by atomic mass is 15.1. The zero-order valence-corrected chi connectivity index (χ0v) is 19.6. The monoisotopic (exact) mass is 449 g/mol. The maximum atomic E-state index is 7.05. The molecule has 0 aliphatic heterocycles. The first-order valence-corrected chi connectivity index (χ1v) is 11.5. The molecule has 2 unspecified atom stereocenters. The number of aryl methyl sites for hydroxylation is 3. The Bertz CT molecular complexity index is 1650.